The molecule has 8 saturated carbocycles. The van der Waals surface area contributed by atoms with E-state index in [1.54, 1.807) is 0 Å². The van der Waals surface area contributed by atoms with Crippen molar-refractivity contribution in [2.45, 2.75) is 77.0 Å². The van der Waals surface area contributed by atoms with E-state index in [1.165, 1.54) is 83.3 Å². The molecule has 0 saturated heterocycles. The Morgan fingerprint density at radius 1 is 0.708 bits per heavy atom. The second-order valence-corrected chi connectivity index (χ2v) is 11.0. The Morgan fingerprint density at radius 3 is 1.33 bits per heavy atom. The second-order valence-electron chi connectivity index (χ2n) is 11.0. The summed E-state index contributed by atoms with van der Waals surface area (Å²) in [5.41, 5.74) is 0.559. The van der Waals surface area contributed by atoms with Crippen molar-refractivity contribution in [3.8, 4) is 0 Å². The van der Waals surface area contributed by atoms with Crippen LogP contribution in [0, 0.1) is 46.3 Å². The lowest BCUT2D eigenvalue weighted by Gasteiger charge is -2.56. The smallest absolute Gasteiger partial charge is 0.126 e. The van der Waals surface area contributed by atoms with E-state index in [2.05, 4.69) is 0 Å². The molecular weight excluding hydrogens is 296 g/mol. The zero-order valence-corrected chi connectivity index (χ0v) is 15.1. The molecule has 8 fully saturated rings. The Balaban J connectivity index is 0.000000121. The van der Waals surface area contributed by atoms with Crippen molar-refractivity contribution < 1.29 is 11.3 Å². The minimum Gasteiger partial charge on any atom is -0.396 e. The molecule has 0 spiro atoms. The van der Waals surface area contributed by atoms with Crippen LogP contribution < -0.4 is 0 Å². The highest BCUT2D eigenvalue weighted by atomic mass is 16.3. The summed E-state index contributed by atoms with van der Waals surface area (Å²) in [6.45, 7) is 0.469. The van der Waals surface area contributed by atoms with Crippen molar-refractivity contribution in [3.63, 3.8) is 0 Å². The molecule has 0 atom stereocenters. The van der Waals surface area contributed by atoms with Crippen molar-refractivity contribution in [1.29, 1.82) is 0 Å². The average Bonchev–Trinajstić information content (AvgIpc) is 2.53. The summed E-state index contributed by atoms with van der Waals surface area (Å²) in [6.07, 6.45) is 17.8. The molecule has 0 aromatic heterocycles. The van der Waals surface area contributed by atoms with Crippen LogP contribution in [0.1, 0.15) is 78.5 Å². The topological polar surface area (TPSA) is 37.3 Å². The van der Waals surface area contributed by atoms with Crippen LogP contribution in [0.15, 0.2) is 0 Å². The largest absolute Gasteiger partial charge is 0.396 e. The van der Waals surface area contributed by atoms with Crippen LogP contribution in [-0.4, -0.2) is 18.0 Å². The van der Waals surface area contributed by atoms with Gasteiger partial charge in [0.15, 0.2) is 0 Å². The van der Waals surface area contributed by atoms with E-state index in [9.17, 15) is 9.90 Å². The van der Waals surface area contributed by atoms with Crippen LogP contribution in [-0.2, 0) is 4.79 Å². The lowest BCUT2D eigenvalue weighted by Crippen LogP contribution is -2.47. The maximum absolute atomic E-state index is 11.1. The quantitative estimate of drug-likeness (QED) is 0.734. The predicted octanol–water partition coefficient (Wildman–Crippen LogP) is 4.84. The van der Waals surface area contributed by atoms with Gasteiger partial charge in [0.05, 0.1) is 0 Å². The molecule has 136 valence electrons. The van der Waals surface area contributed by atoms with Gasteiger partial charge in [0, 0.05) is 13.4 Å². The predicted molar refractivity (Wildman–Crippen MR) is 96.5 cm³/mol. The van der Waals surface area contributed by atoms with Gasteiger partial charge in [0.25, 0.3) is 0 Å². The van der Waals surface area contributed by atoms with Gasteiger partial charge >= 0.3 is 0 Å². The van der Waals surface area contributed by atoms with Crippen LogP contribution in [0.2, 0.25) is 0 Å². The maximum Gasteiger partial charge on any atom is 0.126 e. The number of hydrogen-bond donors (Lipinski definition) is 1. The average molecular weight is 333 g/mol. The Kier molecular flexibility index (Phi) is 3.67. The lowest BCUT2D eigenvalue weighted by atomic mass is 9.50. The summed E-state index contributed by atoms with van der Waals surface area (Å²) in [4.78, 5) is 11.1. The van der Waals surface area contributed by atoms with Gasteiger partial charge in [-0.3, -0.25) is 0 Å². The molecule has 8 bridgehead atoms. The van der Waals surface area contributed by atoms with E-state index in [-0.39, 0.29) is 6.84 Å². The first-order chi connectivity index (χ1) is 11.6. The highest BCUT2D eigenvalue weighted by molar-refractivity contribution is 5.60. The Hall–Kier alpha value is -0.370. The summed E-state index contributed by atoms with van der Waals surface area (Å²) in [7, 11) is 0. The van der Waals surface area contributed by atoms with E-state index in [4.69, 9.17) is 0 Å². The minimum atomic E-state index is 0. The van der Waals surface area contributed by atoms with Crippen LogP contribution in [0.5, 0.6) is 0 Å². The molecule has 0 unspecified atom stereocenters. The standard InChI is InChI=1S/C11H18O.C11H16O.H2/c2*12-7-11-4-8-1-9(5-11)3-10(2-8)6-11;/h8-10,12H,1-7H2;7-10H,1-6H2;1H. The first kappa shape index (κ1) is 15.9. The molecule has 0 aromatic rings. The van der Waals surface area contributed by atoms with Gasteiger partial charge in [-0.25, -0.2) is 0 Å². The van der Waals surface area contributed by atoms with E-state index < -0.39 is 0 Å². The Morgan fingerprint density at radius 2 is 1.04 bits per heavy atom. The molecule has 1 N–H and O–H groups in total. The van der Waals surface area contributed by atoms with Crippen molar-refractivity contribution >= 4 is 6.29 Å². The molecular formula is C22H36O2. The second kappa shape index (κ2) is 5.56. The molecule has 2 nitrogen and oxygen atoms in total. The fourth-order valence-corrected chi connectivity index (χ4v) is 8.81. The highest BCUT2D eigenvalue weighted by Gasteiger charge is 2.51. The van der Waals surface area contributed by atoms with Gasteiger partial charge in [-0.05, 0) is 118 Å². The Labute approximate surface area is 148 Å². The summed E-state index contributed by atoms with van der Waals surface area (Å²) >= 11 is 0. The number of hydrogen-bond acceptors (Lipinski definition) is 2. The van der Waals surface area contributed by atoms with Gasteiger partial charge in [-0.2, -0.15) is 0 Å². The van der Waals surface area contributed by atoms with Crippen LogP contribution in [0.3, 0.4) is 0 Å². The third-order valence-corrected chi connectivity index (χ3v) is 8.84. The third kappa shape index (κ3) is 2.59. The fourth-order valence-electron chi connectivity index (χ4n) is 8.81. The SMILES string of the molecule is O=CC12CC3CC(CC(C3)C1)C2.OCC12CC3CC(CC(C3)C1)C2.[HH]. The van der Waals surface area contributed by atoms with Gasteiger partial charge < -0.3 is 9.90 Å². The number of aldehydes is 1. The molecule has 0 radical (unpaired) electrons. The minimum absolute atomic E-state index is 0. The third-order valence-electron chi connectivity index (χ3n) is 8.84. The summed E-state index contributed by atoms with van der Waals surface area (Å²) in [5, 5.41) is 9.43. The summed E-state index contributed by atoms with van der Waals surface area (Å²) in [5.74, 6) is 5.72. The summed E-state index contributed by atoms with van der Waals surface area (Å²) in [6, 6.07) is 0. The zero-order valence-electron chi connectivity index (χ0n) is 15.1. The molecule has 0 heterocycles. The first-order valence-corrected chi connectivity index (χ1v) is 10.7. The van der Waals surface area contributed by atoms with Crippen LogP contribution >= 0.6 is 0 Å². The number of aliphatic hydroxyl groups excluding tert-OH is 1. The Bertz CT molecular complexity index is 444. The zero-order chi connectivity index (χ0) is 16.4. The van der Waals surface area contributed by atoms with E-state index >= 15 is 0 Å². The van der Waals surface area contributed by atoms with Crippen molar-refractivity contribution in [2.75, 3.05) is 6.61 Å². The highest BCUT2D eigenvalue weighted by Crippen LogP contribution is 2.60. The fraction of sp³-hybridized carbons (Fsp3) is 0.955. The maximum atomic E-state index is 11.1. The number of carbonyl (C=O) groups is 1. The van der Waals surface area contributed by atoms with Crippen LogP contribution in [0.25, 0.3) is 0 Å². The van der Waals surface area contributed by atoms with Gasteiger partial charge in [-0.1, -0.05) is 0 Å². The molecule has 8 aliphatic rings. The van der Waals surface area contributed by atoms with Gasteiger partial charge in [0.1, 0.15) is 6.29 Å². The molecule has 8 rings (SSSR count). The van der Waals surface area contributed by atoms with E-state index in [1.807, 2.05) is 0 Å². The summed E-state index contributed by atoms with van der Waals surface area (Å²) < 4.78 is 0. The molecule has 24 heavy (non-hydrogen) atoms. The first-order valence-electron chi connectivity index (χ1n) is 10.7. The van der Waals surface area contributed by atoms with Gasteiger partial charge in [-0.15, -0.1) is 0 Å². The normalized spacial score (nSPS) is 56.0. The van der Waals surface area contributed by atoms with E-state index in [0.29, 0.717) is 12.0 Å². The molecule has 0 amide bonds. The number of carbonyl (C=O) groups excluding carboxylic acids is 1. The van der Waals surface area contributed by atoms with Crippen molar-refractivity contribution in [3.05, 3.63) is 0 Å². The molecule has 0 aromatic carbocycles. The van der Waals surface area contributed by atoms with E-state index in [0.717, 1.165) is 35.5 Å². The monoisotopic (exact) mass is 332 g/mol. The molecule has 0 aliphatic heterocycles. The lowest BCUT2D eigenvalue weighted by molar-refractivity contribution is -0.130. The van der Waals surface area contributed by atoms with Crippen molar-refractivity contribution in [1.82, 2.24) is 0 Å². The molecule has 8 aliphatic carbocycles. The van der Waals surface area contributed by atoms with Crippen LogP contribution in [0.4, 0.5) is 0 Å². The van der Waals surface area contributed by atoms with Crippen molar-refractivity contribution in [2.24, 2.45) is 46.3 Å². The van der Waals surface area contributed by atoms with Gasteiger partial charge in [0.2, 0.25) is 0 Å². The molecule has 2 heteroatoms. The number of rotatable bonds is 2. The number of aliphatic hydroxyl groups is 1.